The van der Waals surface area contributed by atoms with Crippen molar-refractivity contribution in [3.63, 3.8) is 0 Å². The third-order valence-electron chi connectivity index (χ3n) is 7.86. The molecule has 0 aromatic heterocycles. The molecule has 2 fully saturated rings. The highest BCUT2D eigenvalue weighted by Crippen LogP contribution is 2.42. The normalized spacial score (nSPS) is 26.6. The molecule has 1 aliphatic carbocycles. The summed E-state index contributed by atoms with van der Waals surface area (Å²) < 4.78 is 47.6. The number of urea groups is 1. The van der Waals surface area contributed by atoms with E-state index in [0.29, 0.717) is 58.2 Å². The first kappa shape index (κ1) is 30.0. The maximum atomic E-state index is 15.1. The number of likely N-dealkylation sites (N-methyl/N-ethyl adjacent to an activating group) is 1. The molecule has 2 amide bonds. The van der Waals surface area contributed by atoms with Gasteiger partial charge in [-0.25, -0.2) is 18.0 Å². The molecule has 3 rings (SSSR count). The van der Waals surface area contributed by atoms with Crippen LogP contribution in [0.25, 0.3) is 0 Å². The van der Waals surface area contributed by atoms with Gasteiger partial charge < -0.3 is 25.4 Å². The monoisotopic (exact) mass is 547 g/mol. The Morgan fingerprint density at radius 1 is 1.30 bits per heavy atom. The van der Waals surface area contributed by atoms with Gasteiger partial charge in [-0.2, -0.15) is 0 Å². The van der Waals surface area contributed by atoms with Gasteiger partial charge in [-0.15, -0.1) is 0 Å². The number of unbranched alkanes of at least 4 members (excludes halogenated alkanes) is 1. The Morgan fingerprint density at radius 2 is 2.03 bits per heavy atom. The van der Waals surface area contributed by atoms with E-state index in [1.807, 2.05) is 0 Å². The lowest BCUT2D eigenvalue weighted by atomic mass is 9.74. The summed E-state index contributed by atoms with van der Waals surface area (Å²) >= 11 is 6.06. The van der Waals surface area contributed by atoms with Gasteiger partial charge in [0.15, 0.2) is 0 Å². The number of amides is 2. The molecular weight excluding hydrogens is 507 g/mol. The van der Waals surface area contributed by atoms with Crippen LogP contribution in [0.15, 0.2) is 18.2 Å². The zero-order valence-electron chi connectivity index (χ0n) is 21.8. The molecule has 1 aliphatic heterocycles. The van der Waals surface area contributed by atoms with E-state index in [-0.39, 0.29) is 53.9 Å². The average Bonchev–Trinajstić information content (AvgIpc) is 3.19. The first-order valence-corrected chi connectivity index (χ1v) is 13.7. The fraction of sp³-hybridized carbons (Fsp3) is 0.741. The number of carbonyl (C=O) groups is 1. The summed E-state index contributed by atoms with van der Waals surface area (Å²) in [5.74, 6) is -1.15. The van der Waals surface area contributed by atoms with E-state index < -0.39 is 23.8 Å². The summed E-state index contributed by atoms with van der Waals surface area (Å²) in [6.45, 7) is 1.78. The topological polar surface area (TPSA) is 73.8 Å². The van der Waals surface area contributed by atoms with Gasteiger partial charge in [-0.1, -0.05) is 23.7 Å². The molecule has 37 heavy (non-hydrogen) atoms. The number of benzene rings is 1. The van der Waals surface area contributed by atoms with E-state index in [4.69, 9.17) is 16.3 Å². The molecule has 1 saturated heterocycles. The van der Waals surface area contributed by atoms with Crippen LogP contribution in [-0.2, 0) is 10.3 Å². The molecule has 1 saturated carbocycles. The predicted molar refractivity (Wildman–Crippen MR) is 139 cm³/mol. The SMILES string of the molecule is CNC[C@H](C[C@H]1C[C@@H](F)[C@@H](F)C1)NC(=O)N1CCC[C@@H]([C@@](O)(CCCCOC)c2cccc(Cl)c2F)C1. The van der Waals surface area contributed by atoms with Gasteiger partial charge in [-0.3, -0.25) is 0 Å². The van der Waals surface area contributed by atoms with Gasteiger partial charge in [0.2, 0.25) is 0 Å². The van der Waals surface area contributed by atoms with Gasteiger partial charge in [0.25, 0.3) is 0 Å². The molecule has 210 valence electrons. The highest BCUT2D eigenvalue weighted by atomic mass is 35.5. The summed E-state index contributed by atoms with van der Waals surface area (Å²) in [5.41, 5.74) is -1.34. The van der Waals surface area contributed by atoms with E-state index >= 15 is 4.39 Å². The Kier molecular flexibility index (Phi) is 11.4. The maximum Gasteiger partial charge on any atom is 0.317 e. The number of halogens is 4. The second kappa shape index (κ2) is 14.0. The van der Waals surface area contributed by atoms with Crippen molar-refractivity contribution in [1.82, 2.24) is 15.5 Å². The van der Waals surface area contributed by atoms with Gasteiger partial charge >= 0.3 is 6.03 Å². The number of aliphatic hydroxyl groups is 1. The van der Waals surface area contributed by atoms with Crippen molar-refractivity contribution in [3.05, 3.63) is 34.6 Å². The quantitative estimate of drug-likeness (QED) is 0.323. The van der Waals surface area contributed by atoms with Crippen LogP contribution in [0.3, 0.4) is 0 Å². The zero-order valence-corrected chi connectivity index (χ0v) is 22.6. The van der Waals surface area contributed by atoms with Crippen LogP contribution in [0, 0.1) is 17.7 Å². The van der Waals surface area contributed by atoms with Crippen molar-refractivity contribution < 1.29 is 27.8 Å². The fourth-order valence-electron chi connectivity index (χ4n) is 5.92. The summed E-state index contributed by atoms with van der Waals surface area (Å²) in [5, 5.41) is 18.0. The molecule has 1 aromatic rings. The van der Waals surface area contributed by atoms with Crippen LogP contribution in [0.1, 0.15) is 56.9 Å². The van der Waals surface area contributed by atoms with E-state index in [1.165, 1.54) is 6.07 Å². The Hall–Kier alpha value is -1.55. The van der Waals surface area contributed by atoms with Gasteiger partial charge in [0.1, 0.15) is 18.2 Å². The molecule has 6 atom stereocenters. The van der Waals surface area contributed by atoms with Gasteiger partial charge in [0, 0.05) is 50.9 Å². The number of methoxy groups -OCH3 is 1. The number of rotatable bonds is 12. The van der Waals surface area contributed by atoms with Crippen LogP contribution in [0.5, 0.6) is 0 Å². The smallest absolute Gasteiger partial charge is 0.317 e. The van der Waals surface area contributed by atoms with E-state index in [0.717, 1.165) is 0 Å². The minimum Gasteiger partial charge on any atom is -0.385 e. The number of hydrogen-bond acceptors (Lipinski definition) is 4. The number of piperidine rings is 1. The third kappa shape index (κ3) is 7.74. The molecule has 2 aliphatic rings. The summed E-state index contributed by atoms with van der Waals surface area (Å²) in [7, 11) is 3.38. The Morgan fingerprint density at radius 3 is 2.70 bits per heavy atom. The van der Waals surface area contributed by atoms with Crippen molar-refractivity contribution in [2.45, 2.75) is 75.4 Å². The number of nitrogens with zero attached hydrogens (tertiary/aromatic N) is 1. The van der Waals surface area contributed by atoms with E-state index in [9.17, 15) is 18.7 Å². The van der Waals surface area contributed by atoms with Crippen LogP contribution in [0.2, 0.25) is 5.02 Å². The van der Waals surface area contributed by atoms with Crippen molar-refractivity contribution in [1.29, 1.82) is 0 Å². The molecule has 3 N–H and O–H groups in total. The molecule has 1 heterocycles. The number of hydrogen-bond donors (Lipinski definition) is 3. The zero-order chi connectivity index (χ0) is 27.0. The number of likely N-dealkylation sites (tertiary alicyclic amines) is 1. The molecule has 1 aromatic carbocycles. The van der Waals surface area contributed by atoms with Crippen LogP contribution in [-0.4, -0.2) is 74.8 Å². The maximum absolute atomic E-state index is 15.1. The predicted octanol–water partition coefficient (Wildman–Crippen LogP) is 4.97. The third-order valence-corrected chi connectivity index (χ3v) is 8.16. The molecular formula is C27H41ClF3N3O3. The average molecular weight is 548 g/mol. The van der Waals surface area contributed by atoms with E-state index in [2.05, 4.69) is 10.6 Å². The number of ether oxygens (including phenoxy) is 1. The number of nitrogens with one attached hydrogen (secondary N) is 2. The minimum absolute atomic E-state index is 0.0499. The van der Waals surface area contributed by atoms with Crippen molar-refractivity contribution in [2.75, 3.05) is 40.4 Å². The number of alkyl halides is 2. The van der Waals surface area contributed by atoms with Crippen LogP contribution >= 0.6 is 11.6 Å². The lowest BCUT2D eigenvalue weighted by Crippen LogP contribution is -2.54. The standard InChI is InChI=1S/C27H41ClF3N3O3/c1-32-16-20(13-18-14-23(29)24(30)15-18)33-26(35)34-11-6-7-19(17-34)27(36,10-3-4-12-37-2)21-8-5-9-22(28)25(21)31/h5,8-9,18-20,23-24,32,36H,3-4,6-7,10-17H2,1-2H3,(H,33,35)/t18-,19-,20+,23+,24-,27+/m1/s1. The van der Waals surface area contributed by atoms with Gasteiger partial charge in [0.05, 0.1) is 10.6 Å². The van der Waals surface area contributed by atoms with Crippen molar-refractivity contribution >= 4 is 17.6 Å². The Labute approximate surface area is 223 Å². The second-order valence-electron chi connectivity index (χ2n) is 10.6. The van der Waals surface area contributed by atoms with Crippen LogP contribution in [0.4, 0.5) is 18.0 Å². The first-order valence-electron chi connectivity index (χ1n) is 13.3. The minimum atomic E-state index is -1.50. The van der Waals surface area contributed by atoms with Crippen molar-refractivity contribution in [2.24, 2.45) is 11.8 Å². The van der Waals surface area contributed by atoms with Crippen LogP contribution < -0.4 is 10.6 Å². The fourth-order valence-corrected chi connectivity index (χ4v) is 6.09. The van der Waals surface area contributed by atoms with Gasteiger partial charge in [-0.05, 0) is 70.4 Å². The lowest BCUT2D eigenvalue weighted by Gasteiger charge is -2.43. The Balaban J connectivity index is 1.72. The number of carbonyl (C=O) groups excluding carboxylic acids is 1. The largest absolute Gasteiger partial charge is 0.385 e. The summed E-state index contributed by atoms with van der Waals surface area (Å²) in [4.78, 5) is 14.9. The molecule has 0 bridgehead atoms. The van der Waals surface area contributed by atoms with E-state index in [1.54, 1.807) is 31.2 Å². The van der Waals surface area contributed by atoms with Crippen molar-refractivity contribution in [3.8, 4) is 0 Å². The highest BCUT2D eigenvalue weighted by Gasteiger charge is 2.43. The molecule has 0 radical (unpaired) electrons. The highest BCUT2D eigenvalue weighted by molar-refractivity contribution is 6.30. The molecule has 0 spiro atoms. The Bertz CT molecular complexity index is 873. The molecule has 0 unspecified atom stereocenters. The molecule has 10 heteroatoms. The summed E-state index contributed by atoms with van der Waals surface area (Å²) in [6.07, 6.45) is 0.893. The lowest BCUT2D eigenvalue weighted by molar-refractivity contribution is -0.0587. The summed E-state index contributed by atoms with van der Waals surface area (Å²) in [6, 6.07) is 4.08. The first-order chi connectivity index (χ1) is 17.7. The second-order valence-corrected chi connectivity index (χ2v) is 11.0. The molecule has 6 nitrogen and oxygen atoms in total.